The van der Waals surface area contributed by atoms with E-state index in [1.54, 1.807) is 18.2 Å². The number of methoxy groups -OCH3 is 1. The van der Waals surface area contributed by atoms with E-state index in [1.807, 2.05) is 18.4 Å². The number of rotatable bonds is 5. The molecule has 13 nitrogen and oxygen atoms in total. The number of amides is 3. The second kappa shape index (κ2) is 14.7. The van der Waals surface area contributed by atoms with Crippen molar-refractivity contribution in [3.8, 4) is 22.5 Å². The predicted octanol–water partition coefficient (Wildman–Crippen LogP) is 5.27. The van der Waals surface area contributed by atoms with Crippen LogP contribution in [0.4, 0.5) is 4.79 Å². The lowest BCUT2D eigenvalue weighted by Gasteiger charge is -2.43. The number of carbonyl (C=O) groups excluding carboxylic acids is 3. The minimum Gasteiger partial charge on any atom is -0.464 e. The number of aromatic nitrogens is 3. The Labute approximate surface area is 319 Å². The number of fused-ring (bicyclic) bond motifs is 7. The van der Waals surface area contributed by atoms with Gasteiger partial charge in [0.15, 0.2) is 0 Å². The molecule has 0 radical (unpaired) electrons. The molecule has 14 heteroatoms. The molecule has 0 aliphatic carbocycles. The monoisotopic (exact) mass is 755 g/mol. The summed E-state index contributed by atoms with van der Waals surface area (Å²) >= 11 is 1.47. The van der Waals surface area contributed by atoms with E-state index in [0.717, 1.165) is 62.6 Å². The van der Waals surface area contributed by atoms with Gasteiger partial charge in [0.25, 0.3) is 5.91 Å². The fourth-order valence-electron chi connectivity index (χ4n) is 8.39. The third-order valence-electron chi connectivity index (χ3n) is 11.3. The van der Waals surface area contributed by atoms with Crippen LogP contribution in [0.3, 0.4) is 0 Å². The lowest BCUT2D eigenvalue weighted by atomic mass is 9.84. The number of ether oxygens (including phenoxy) is 3. The maximum absolute atomic E-state index is 14.2. The van der Waals surface area contributed by atoms with Crippen LogP contribution in [0.2, 0.25) is 0 Å². The van der Waals surface area contributed by atoms with Crippen molar-refractivity contribution in [3.05, 3.63) is 58.2 Å². The summed E-state index contributed by atoms with van der Waals surface area (Å²) < 4.78 is 19.9. The van der Waals surface area contributed by atoms with E-state index in [9.17, 15) is 14.4 Å². The van der Waals surface area contributed by atoms with Gasteiger partial charge in [0.05, 0.1) is 53.5 Å². The van der Waals surface area contributed by atoms with E-state index < -0.39 is 23.5 Å². The molecule has 4 aliphatic heterocycles. The number of thiazole rings is 1. The Morgan fingerprint density at radius 1 is 1.22 bits per heavy atom. The summed E-state index contributed by atoms with van der Waals surface area (Å²) in [6, 6.07) is 8.68. The highest BCUT2D eigenvalue weighted by atomic mass is 32.1. The van der Waals surface area contributed by atoms with Gasteiger partial charge in [0.2, 0.25) is 0 Å². The Bertz CT molecular complexity index is 2080. The molecular formula is C40H49N7O6S. The highest BCUT2D eigenvalue weighted by molar-refractivity contribution is 7.10. The number of pyridine rings is 1. The third-order valence-corrected chi connectivity index (χ3v) is 12.2. The minimum absolute atomic E-state index is 0.0262. The highest BCUT2D eigenvalue weighted by Crippen LogP contribution is 2.42. The topological polar surface area (TPSA) is 140 Å². The molecule has 3 aromatic heterocycles. The van der Waals surface area contributed by atoms with E-state index >= 15 is 0 Å². The first-order valence-corrected chi connectivity index (χ1v) is 19.9. The molecule has 3 amide bonds. The van der Waals surface area contributed by atoms with Crippen molar-refractivity contribution in [1.82, 2.24) is 35.2 Å². The fraction of sp³-hybridized carbons (Fsp3) is 0.525. The predicted molar refractivity (Wildman–Crippen MR) is 205 cm³/mol. The molecule has 7 heterocycles. The molecule has 0 unspecified atom stereocenters. The van der Waals surface area contributed by atoms with Gasteiger partial charge in [-0.1, -0.05) is 19.9 Å². The summed E-state index contributed by atoms with van der Waals surface area (Å²) in [5.74, 6) is -0.711. The highest BCUT2D eigenvalue weighted by Gasteiger charge is 2.47. The Morgan fingerprint density at radius 2 is 2.07 bits per heavy atom. The molecule has 286 valence electrons. The second-order valence-electron chi connectivity index (χ2n) is 15.6. The van der Waals surface area contributed by atoms with Crippen molar-refractivity contribution < 1.29 is 28.6 Å². The molecule has 3 fully saturated rings. The van der Waals surface area contributed by atoms with Crippen LogP contribution in [0.15, 0.2) is 41.9 Å². The number of hydrazine groups is 1. The zero-order chi connectivity index (χ0) is 37.7. The summed E-state index contributed by atoms with van der Waals surface area (Å²) in [6.07, 6.45) is 4.40. The first-order valence-electron chi connectivity index (χ1n) is 19.1. The van der Waals surface area contributed by atoms with Gasteiger partial charge in [-0.3, -0.25) is 19.6 Å². The third kappa shape index (κ3) is 6.78. The minimum atomic E-state index is -0.892. The quantitative estimate of drug-likeness (QED) is 0.261. The zero-order valence-electron chi connectivity index (χ0n) is 31.6. The first kappa shape index (κ1) is 36.6. The standard InChI is InChI=1S/C40H49N7O6S/c1-6-45-31-12-11-24-17-26(31)27(36(45)25-9-7-14-41-35(25)23(2)51-5)19-40(3,4)22-53-38(49)28-10-8-15-47(44-28)37(48)29(18-34-42-30(24)21-54-34)43-39(50)46-20-33-32(46)13-16-52-33/h7,9,11-12,14,17,21,23,28-29,32-33,44H,6,8,10,13,15-16,18-20,22H2,1-5H3,(H,43,50)/t23-,28-,29-,32+,33+/m0/s1. The summed E-state index contributed by atoms with van der Waals surface area (Å²) in [5.41, 5.74) is 9.62. The molecule has 6 bridgehead atoms. The van der Waals surface area contributed by atoms with Crippen molar-refractivity contribution in [1.29, 1.82) is 0 Å². The number of nitrogens with zero attached hydrogens (tertiary/aromatic N) is 5. The van der Waals surface area contributed by atoms with Crippen molar-refractivity contribution >= 4 is 40.1 Å². The number of benzene rings is 1. The molecule has 0 spiro atoms. The first-order chi connectivity index (χ1) is 26.0. The lowest BCUT2D eigenvalue weighted by Crippen LogP contribution is -2.66. The normalized spacial score (nSPS) is 24.8. The summed E-state index contributed by atoms with van der Waals surface area (Å²) in [4.78, 5) is 53.0. The fourth-order valence-corrected chi connectivity index (χ4v) is 9.24. The van der Waals surface area contributed by atoms with Gasteiger partial charge in [-0.05, 0) is 69.4 Å². The number of nitrogens with one attached hydrogen (secondary N) is 2. The molecule has 2 N–H and O–H groups in total. The van der Waals surface area contributed by atoms with E-state index in [1.165, 1.54) is 16.3 Å². The maximum atomic E-state index is 14.2. The van der Waals surface area contributed by atoms with Crippen LogP contribution < -0.4 is 10.7 Å². The Morgan fingerprint density at radius 3 is 2.87 bits per heavy atom. The number of hydrogen-bond acceptors (Lipinski definition) is 10. The number of urea groups is 1. The molecule has 5 atom stereocenters. The summed E-state index contributed by atoms with van der Waals surface area (Å²) in [6.45, 7) is 10.8. The van der Waals surface area contributed by atoms with Crippen LogP contribution >= 0.6 is 11.3 Å². The van der Waals surface area contributed by atoms with Crippen LogP contribution in [0.25, 0.3) is 33.4 Å². The number of likely N-dealkylation sites (tertiary alicyclic amines) is 1. The van der Waals surface area contributed by atoms with Crippen LogP contribution in [0.5, 0.6) is 0 Å². The maximum Gasteiger partial charge on any atom is 0.324 e. The van der Waals surface area contributed by atoms with Crippen LogP contribution in [0.1, 0.15) is 69.3 Å². The second-order valence-corrected chi connectivity index (χ2v) is 16.6. The molecule has 3 saturated heterocycles. The van der Waals surface area contributed by atoms with Gasteiger partial charge in [0, 0.05) is 72.2 Å². The molecule has 8 rings (SSSR count). The van der Waals surface area contributed by atoms with Crippen molar-refractivity contribution in [2.75, 3.05) is 33.4 Å². The Balaban J connectivity index is 1.22. The van der Waals surface area contributed by atoms with Crippen molar-refractivity contribution in [3.63, 3.8) is 0 Å². The molecule has 4 aromatic rings. The van der Waals surface area contributed by atoms with E-state index in [-0.39, 0.29) is 43.2 Å². The van der Waals surface area contributed by atoms with Crippen LogP contribution in [0, 0.1) is 5.41 Å². The smallest absolute Gasteiger partial charge is 0.324 e. The number of hydrogen-bond donors (Lipinski definition) is 2. The van der Waals surface area contributed by atoms with Gasteiger partial charge in [0.1, 0.15) is 12.1 Å². The Hall–Kier alpha value is -4.37. The number of esters is 1. The van der Waals surface area contributed by atoms with Crippen LogP contribution in [-0.2, 0) is 43.2 Å². The Kier molecular flexibility index (Phi) is 9.96. The average molecular weight is 756 g/mol. The molecule has 54 heavy (non-hydrogen) atoms. The molecule has 1 aromatic carbocycles. The van der Waals surface area contributed by atoms with Gasteiger partial charge in [-0.15, -0.1) is 11.3 Å². The van der Waals surface area contributed by atoms with Crippen molar-refractivity contribution in [2.45, 2.75) is 96.7 Å². The lowest BCUT2D eigenvalue weighted by molar-refractivity contribution is -0.155. The molecule has 4 aliphatic rings. The van der Waals surface area contributed by atoms with Crippen molar-refractivity contribution in [2.24, 2.45) is 5.41 Å². The number of carbonyl (C=O) groups is 3. The van der Waals surface area contributed by atoms with Gasteiger partial charge in [-0.25, -0.2) is 15.2 Å². The number of cyclic esters (lactones) is 1. The molecular weight excluding hydrogens is 707 g/mol. The van der Waals surface area contributed by atoms with E-state index in [0.29, 0.717) is 39.0 Å². The van der Waals surface area contributed by atoms with Gasteiger partial charge < -0.3 is 29.0 Å². The van der Waals surface area contributed by atoms with E-state index in [4.69, 9.17) is 24.2 Å². The zero-order valence-corrected chi connectivity index (χ0v) is 32.4. The van der Waals surface area contributed by atoms with Crippen LogP contribution in [-0.4, -0.2) is 100.0 Å². The average Bonchev–Trinajstić information content (AvgIpc) is 3.87. The molecule has 0 saturated carbocycles. The SMILES string of the molecule is CCn1c(-c2cccnc2[C@H](C)OC)c2c3cc(ccc31)-c1csc(n1)C[C@H](NC(=O)N1C[C@H]3OCC[C@H]31)C(=O)N1CCC[C@H](N1)C(=O)OCC(C)(C)C2. The van der Waals surface area contributed by atoms with Gasteiger partial charge in [-0.2, -0.15) is 0 Å². The summed E-state index contributed by atoms with van der Waals surface area (Å²) in [5, 5.41) is 8.35. The van der Waals surface area contributed by atoms with E-state index in [2.05, 4.69) is 60.3 Å². The largest absolute Gasteiger partial charge is 0.464 e. The number of aryl methyl sites for hydroxylation is 1. The summed E-state index contributed by atoms with van der Waals surface area (Å²) in [7, 11) is 1.70. The van der Waals surface area contributed by atoms with Gasteiger partial charge >= 0.3 is 12.0 Å².